The number of aromatic amines is 1. The molecular weight excluding hydrogens is 292 g/mol. The molecule has 0 radical (unpaired) electrons. The fourth-order valence-corrected chi connectivity index (χ4v) is 3.56. The molecule has 2 fully saturated rings. The number of amides is 1. The van der Waals surface area contributed by atoms with Crippen LogP contribution in [0.3, 0.4) is 0 Å². The third kappa shape index (κ3) is 3.32. The van der Waals surface area contributed by atoms with Gasteiger partial charge in [0.2, 0.25) is 5.91 Å². The molecule has 0 spiro atoms. The number of ether oxygens (including phenoxy) is 1. The number of carbonyl (C=O) groups excluding carboxylic acids is 1. The van der Waals surface area contributed by atoms with Gasteiger partial charge in [-0.1, -0.05) is 11.8 Å². The summed E-state index contributed by atoms with van der Waals surface area (Å²) in [5.41, 5.74) is -0.180. The standard InChI is InChI=1S/C13H20N4O3S/c1-8-5-16(6-9(2)20-8)11(18)7-21-13-15-14-12(19)17(13)10-3-4-10/h8-10H,3-7H2,1-2H3,(H,14,19)/t8-,9+. The van der Waals surface area contributed by atoms with Crippen LogP contribution >= 0.6 is 11.8 Å². The van der Waals surface area contributed by atoms with Crippen molar-refractivity contribution in [2.45, 2.75) is 50.1 Å². The fourth-order valence-electron chi connectivity index (χ4n) is 2.65. The van der Waals surface area contributed by atoms with Crippen LogP contribution in [0.2, 0.25) is 0 Å². The van der Waals surface area contributed by atoms with Crippen LogP contribution in [0, 0.1) is 0 Å². The molecule has 8 heteroatoms. The summed E-state index contributed by atoms with van der Waals surface area (Å²) in [6, 6.07) is 0.261. The molecule has 0 bridgehead atoms. The number of nitrogens with zero attached hydrogens (tertiary/aromatic N) is 3. The van der Waals surface area contributed by atoms with E-state index in [1.807, 2.05) is 18.7 Å². The highest BCUT2D eigenvalue weighted by Gasteiger charge is 2.30. The molecule has 3 rings (SSSR count). The van der Waals surface area contributed by atoms with Crippen molar-refractivity contribution in [3.05, 3.63) is 10.5 Å². The van der Waals surface area contributed by atoms with E-state index in [0.717, 1.165) is 12.8 Å². The maximum absolute atomic E-state index is 12.3. The molecule has 1 aliphatic carbocycles. The molecule has 2 atom stereocenters. The van der Waals surface area contributed by atoms with Crippen molar-refractivity contribution in [2.24, 2.45) is 0 Å². The van der Waals surface area contributed by atoms with Crippen molar-refractivity contribution in [1.82, 2.24) is 19.7 Å². The smallest absolute Gasteiger partial charge is 0.344 e. The van der Waals surface area contributed by atoms with Gasteiger partial charge in [0.1, 0.15) is 0 Å². The Hall–Kier alpha value is -1.28. The summed E-state index contributed by atoms with van der Waals surface area (Å²) >= 11 is 1.33. The molecule has 1 aromatic rings. The second kappa shape index (κ2) is 5.84. The minimum Gasteiger partial charge on any atom is -0.372 e. The van der Waals surface area contributed by atoms with E-state index >= 15 is 0 Å². The third-order valence-electron chi connectivity index (χ3n) is 3.68. The van der Waals surface area contributed by atoms with E-state index in [4.69, 9.17) is 4.74 Å². The predicted molar refractivity (Wildman–Crippen MR) is 78.4 cm³/mol. The summed E-state index contributed by atoms with van der Waals surface area (Å²) in [7, 11) is 0. The average Bonchev–Trinajstić information content (AvgIpc) is 3.19. The average molecular weight is 312 g/mol. The summed E-state index contributed by atoms with van der Waals surface area (Å²) in [6.07, 6.45) is 2.16. The fraction of sp³-hybridized carbons (Fsp3) is 0.769. The van der Waals surface area contributed by atoms with E-state index < -0.39 is 0 Å². The highest BCUT2D eigenvalue weighted by Crippen LogP contribution is 2.36. The summed E-state index contributed by atoms with van der Waals surface area (Å²) in [6.45, 7) is 5.20. The summed E-state index contributed by atoms with van der Waals surface area (Å²) in [5, 5.41) is 7.10. The molecule has 1 saturated carbocycles. The molecule has 21 heavy (non-hydrogen) atoms. The molecule has 1 N–H and O–H groups in total. The first-order valence-corrected chi connectivity index (χ1v) is 8.26. The Bertz CT molecular complexity index is 570. The second-order valence-corrected chi connectivity index (χ2v) is 6.70. The first kappa shape index (κ1) is 14.6. The topological polar surface area (TPSA) is 80.2 Å². The minimum atomic E-state index is -0.180. The lowest BCUT2D eigenvalue weighted by Crippen LogP contribution is -2.48. The zero-order chi connectivity index (χ0) is 15.0. The van der Waals surface area contributed by atoms with Crippen LogP contribution in [0.5, 0.6) is 0 Å². The zero-order valence-corrected chi connectivity index (χ0v) is 13.1. The monoisotopic (exact) mass is 312 g/mol. The van der Waals surface area contributed by atoms with Gasteiger partial charge in [-0.15, -0.1) is 5.10 Å². The van der Waals surface area contributed by atoms with Gasteiger partial charge in [-0.3, -0.25) is 9.36 Å². The Morgan fingerprint density at radius 3 is 2.67 bits per heavy atom. The van der Waals surface area contributed by atoms with E-state index in [1.165, 1.54) is 11.8 Å². The molecule has 0 unspecified atom stereocenters. The Labute approximate surface area is 127 Å². The SMILES string of the molecule is C[C@@H]1CN(C(=O)CSc2n[nH]c(=O)n2C2CC2)C[C@H](C)O1. The van der Waals surface area contributed by atoms with Gasteiger partial charge in [-0.05, 0) is 26.7 Å². The van der Waals surface area contributed by atoms with Gasteiger partial charge in [0.15, 0.2) is 5.16 Å². The lowest BCUT2D eigenvalue weighted by atomic mass is 10.2. The van der Waals surface area contributed by atoms with E-state index in [9.17, 15) is 9.59 Å². The number of thioether (sulfide) groups is 1. The van der Waals surface area contributed by atoms with Gasteiger partial charge in [0.25, 0.3) is 0 Å². The van der Waals surface area contributed by atoms with Crippen LogP contribution in [-0.4, -0.2) is 56.6 Å². The van der Waals surface area contributed by atoms with Crippen LogP contribution in [-0.2, 0) is 9.53 Å². The van der Waals surface area contributed by atoms with Gasteiger partial charge in [-0.25, -0.2) is 9.89 Å². The Balaban J connectivity index is 1.60. The number of rotatable bonds is 4. The number of hydrogen-bond acceptors (Lipinski definition) is 5. The zero-order valence-electron chi connectivity index (χ0n) is 12.2. The van der Waals surface area contributed by atoms with Gasteiger partial charge in [0, 0.05) is 19.1 Å². The first-order valence-electron chi connectivity index (χ1n) is 7.27. The number of morpholine rings is 1. The summed E-state index contributed by atoms with van der Waals surface area (Å²) < 4.78 is 7.30. The number of hydrogen-bond donors (Lipinski definition) is 1. The Morgan fingerprint density at radius 2 is 2.05 bits per heavy atom. The third-order valence-corrected chi connectivity index (χ3v) is 4.62. The lowest BCUT2D eigenvalue weighted by molar-refractivity contribution is -0.140. The highest BCUT2D eigenvalue weighted by molar-refractivity contribution is 7.99. The van der Waals surface area contributed by atoms with Crippen molar-refractivity contribution in [1.29, 1.82) is 0 Å². The predicted octanol–water partition coefficient (Wildman–Crippen LogP) is 0.634. The second-order valence-electron chi connectivity index (χ2n) is 5.76. The molecule has 116 valence electrons. The number of aromatic nitrogens is 3. The van der Waals surface area contributed by atoms with Crippen molar-refractivity contribution in [2.75, 3.05) is 18.8 Å². The van der Waals surface area contributed by atoms with E-state index in [-0.39, 0.29) is 29.8 Å². The van der Waals surface area contributed by atoms with E-state index in [1.54, 1.807) is 4.57 Å². The van der Waals surface area contributed by atoms with Crippen LogP contribution in [0.1, 0.15) is 32.7 Å². The maximum Gasteiger partial charge on any atom is 0.344 e. The molecule has 7 nitrogen and oxygen atoms in total. The molecular formula is C13H20N4O3S. The summed E-state index contributed by atoms with van der Waals surface area (Å²) in [4.78, 5) is 25.8. The van der Waals surface area contributed by atoms with Crippen LogP contribution in [0.25, 0.3) is 0 Å². The number of carbonyl (C=O) groups is 1. The molecule has 1 amide bonds. The molecule has 1 aliphatic heterocycles. The quantitative estimate of drug-likeness (QED) is 0.825. The van der Waals surface area contributed by atoms with Gasteiger partial charge in [0.05, 0.1) is 18.0 Å². The summed E-state index contributed by atoms with van der Waals surface area (Å²) in [5.74, 6) is 0.371. The molecule has 1 saturated heterocycles. The number of H-pyrrole nitrogens is 1. The van der Waals surface area contributed by atoms with Crippen molar-refractivity contribution >= 4 is 17.7 Å². The maximum atomic E-state index is 12.3. The van der Waals surface area contributed by atoms with Crippen LogP contribution in [0.15, 0.2) is 9.95 Å². The highest BCUT2D eigenvalue weighted by atomic mass is 32.2. The molecule has 2 heterocycles. The van der Waals surface area contributed by atoms with E-state index in [0.29, 0.717) is 24.0 Å². The Kier molecular flexibility index (Phi) is 4.08. The van der Waals surface area contributed by atoms with Crippen molar-refractivity contribution in [3.63, 3.8) is 0 Å². The van der Waals surface area contributed by atoms with Gasteiger partial charge in [-0.2, -0.15) is 0 Å². The molecule has 2 aliphatic rings. The van der Waals surface area contributed by atoms with Crippen molar-refractivity contribution in [3.8, 4) is 0 Å². The van der Waals surface area contributed by atoms with Gasteiger partial charge >= 0.3 is 5.69 Å². The lowest BCUT2D eigenvalue weighted by Gasteiger charge is -2.35. The largest absolute Gasteiger partial charge is 0.372 e. The first-order chi connectivity index (χ1) is 10.0. The normalized spacial score (nSPS) is 26.1. The van der Waals surface area contributed by atoms with E-state index in [2.05, 4.69) is 10.2 Å². The molecule has 1 aromatic heterocycles. The van der Waals surface area contributed by atoms with Gasteiger partial charge < -0.3 is 9.64 Å². The van der Waals surface area contributed by atoms with Crippen LogP contribution in [0.4, 0.5) is 0 Å². The molecule has 0 aromatic carbocycles. The minimum absolute atomic E-state index is 0.0673. The number of nitrogens with one attached hydrogen (secondary N) is 1. The van der Waals surface area contributed by atoms with Crippen LogP contribution < -0.4 is 5.69 Å². The van der Waals surface area contributed by atoms with Crippen molar-refractivity contribution < 1.29 is 9.53 Å². The Morgan fingerprint density at radius 1 is 1.38 bits per heavy atom.